The number of amides is 1. The smallest absolute Gasteiger partial charge is 0.259 e. The molecular weight excluding hydrogens is 382 g/mol. The van der Waals surface area contributed by atoms with E-state index in [0.717, 1.165) is 32.1 Å². The normalized spacial score (nSPS) is 12.8. The molecule has 0 fully saturated rings. The third-order valence-electron chi connectivity index (χ3n) is 4.53. The van der Waals surface area contributed by atoms with Gasteiger partial charge in [0, 0.05) is 16.5 Å². The monoisotopic (exact) mass is 397 g/mol. The summed E-state index contributed by atoms with van der Waals surface area (Å²) < 4.78 is 11.7. The molecule has 4 nitrogen and oxygen atoms in total. The number of hydrogen-bond acceptors (Lipinski definition) is 3. The van der Waals surface area contributed by atoms with Gasteiger partial charge in [0.15, 0.2) is 0 Å². The molecule has 0 saturated carbocycles. The van der Waals surface area contributed by atoms with Crippen LogP contribution < -0.4 is 14.4 Å². The van der Waals surface area contributed by atoms with Crippen LogP contribution in [0.2, 0.25) is 0 Å². The molecule has 1 amide bonds. The Kier molecular flexibility index (Phi) is 3.88. The Hall–Kier alpha value is -2.53. The molecule has 4 rings (SSSR count). The van der Waals surface area contributed by atoms with Gasteiger partial charge in [-0.3, -0.25) is 4.79 Å². The fraction of sp³-hybridized carbons (Fsp3) is 0.150. The van der Waals surface area contributed by atoms with Gasteiger partial charge in [-0.15, -0.1) is 0 Å². The zero-order chi connectivity index (χ0) is 17.6. The van der Waals surface area contributed by atoms with Crippen molar-refractivity contribution in [1.29, 1.82) is 0 Å². The molecule has 3 aromatic carbocycles. The van der Waals surface area contributed by atoms with Crippen LogP contribution in [0.25, 0.3) is 10.8 Å². The molecule has 1 heterocycles. The van der Waals surface area contributed by atoms with Gasteiger partial charge in [0.05, 0.1) is 30.9 Å². The van der Waals surface area contributed by atoms with Crippen LogP contribution in [0.4, 0.5) is 5.69 Å². The number of benzene rings is 3. The Bertz CT molecular complexity index is 994. The first-order valence-electron chi connectivity index (χ1n) is 7.88. The predicted molar refractivity (Wildman–Crippen MR) is 102 cm³/mol. The van der Waals surface area contributed by atoms with E-state index in [-0.39, 0.29) is 5.91 Å². The quantitative estimate of drug-likeness (QED) is 0.635. The molecule has 0 unspecified atom stereocenters. The number of nitrogens with zero attached hydrogens (tertiary/aromatic N) is 1. The highest BCUT2D eigenvalue weighted by molar-refractivity contribution is 9.10. The highest BCUT2D eigenvalue weighted by Crippen LogP contribution is 2.40. The number of methoxy groups -OCH3 is 2. The minimum absolute atomic E-state index is 0.00994. The third-order valence-corrected chi connectivity index (χ3v) is 5.15. The van der Waals surface area contributed by atoms with Crippen LogP contribution in [0.3, 0.4) is 0 Å². The fourth-order valence-corrected chi connectivity index (χ4v) is 3.84. The van der Waals surface area contributed by atoms with Crippen molar-refractivity contribution >= 4 is 38.3 Å². The van der Waals surface area contributed by atoms with Crippen molar-refractivity contribution in [3.63, 3.8) is 0 Å². The second-order valence-corrected chi connectivity index (χ2v) is 6.73. The molecule has 0 bridgehead atoms. The number of halogens is 1. The molecule has 3 aromatic rings. The van der Waals surface area contributed by atoms with E-state index < -0.39 is 0 Å². The summed E-state index contributed by atoms with van der Waals surface area (Å²) >= 11 is 3.47. The van der Waals surface area contributed by atoms with Crippen LogP contribution in [0.5, 0.6) is 11.5 Å². The summed E-state index contributed by atoms with van der Waals surface area (Å²) in [6, 6.07) is 15.6. The molecule has 5 heteroatoms. The SMILES string of the molecule is COc1cc(CN2C(=O)c3cccc4cccc2c34)c(OC)cc1Br. The van der Waals surface area contributed by atoms with Crippen molar-refractivity contribution in [2.45, 2.75) is 6.54 Å². The molecule has 0 radical (unpaired) electrons. The first kappa shape index (κ1) is 16.0. The molecule has 25 heavy (non-hydrogen) atoms. The average Bonchev–Trinajstić information content (AvgIpc) is 2.91. The zero-order valence-electron chi connectivity index (χ0n) is 13.9. The topological polar surface area (TPSA) is 38.8 Å². The van der Waals surface area contributed by atoms with Crippen molar-refractivity contribution < 1.29 is 14.3 Å². The standard InChI is InChI=1S/C20H16BrNO3/c1-24-17-10-15(21)18(25-2)9-13(17)11-22-16-8-4-6-12-5-3-7-14(19(12)16)20(22)23/h3-10H,11H2,1-2H3. The Labute approximate surface area is 154 Å². The molecule has 0 spiro atoms. The minimum Gasteiger partial charge on any atom is -0.496 e. The van der Waals surface area contributed by atoms with Gasteiger partial charge in [-0.2, -0.15) is 0 Å². The Morgan fingerprint density at radius 3 is 2.44 bits per heavy atom. The van der Waals surface area contributed by atoms with Gasteiger partial charge in [0.1, 0.15) is 11.5 Å². The highest BCUT2D eigenvalue weighted by Gasteiger charge is 2.30. The van der Waals surface area contributed by atoms with Crippen molar-refractivity contribution in [1.82, 2.24) is 0 Å². The van der Waals surface area contributed by atoms with E-state index in [9.17, 15) is 4.79 Å². The van der Waals surface area contributed by atoms with Crippen LogP contribution in [0.15, 0.2) is 53.0 Å². The van der Waals surface area contributed by atoms with Crippen molar-refractivity contribution in [2.24, 2.45) is 0 Å². The predicted octanol–water partition coefficient (Wildman–Crippen LogP) is 4.78. The Morgan fingerprint density at radius 1 is 1.00 bits per heavy atom. The number of rotatable bonds is 4. The molecule has 0 aromatic heterocycles. The second kappa shape index (κ2) is 6.08. The number of ether oxygens (including phenoxy) is 2. The van der Waals surface area contributed by atoms with E-state index in [4.69, 9.17) is 9.47 Å². The third kappa shape index (κ3) is 2.46. The maximum Gasteiger partial charge on any atom is 0.259 e. The summed E-state index contributed by atoms with van der Waals surface area (Å²) in [6.45, 7) is 0.416. The van der Waals surface area contributed by atoms with Gasteiger partial charge < -0.3 is 14.4 Å². The molecule has 1 aliphatic heterocycles. The van der Waals surface area contributed by atoms with Gasteiger partial charge in [-0.25, -0.2) is 0 Å². The Balaban J connectivity index is 1.81. The van der Waals surface area contributed by atoms with Crippen LogP contribution >= 0.6 is 15.9 Å². The lowest BCUT2D eigenvalue weighted by Crippen LogP contribution is -2.26. The summed E-state index contributed by atoms with van der Waals surface area (Å²) in [5.41, 5.74) is 2.57. The molecular formula is C20H16BrNO3. The van der Waals surface area contributed by atoms with E-state index in [2.05, 4.69) is 15.9 Å². The first-order valence-corrected chi connectivity index (χ1v) is 8.67. The van der Waals surface area contributed by atoms with Gasteiger partial charge in [-0.05, 0) is 45.6 Å². The summed E-state index contributed by atoms with van der Waals surface area (Å²) in [5, 5.41) is 2.09. The van der Waals surface area contributed by atoms with E-state index in [0.29, 0.717) is 18.0 Å². The van der Waals surface area contributed by atoms with Gasteiger partial charge >= 0.3 is 0 Å². The van der Waals surface area contributed by atoms with E-state index >= 15 is 0 Å². The molecule has 0 aliphatic carbocycles. The largest absolute Gasteiger partial charge is 0.496 e. The van der Waals surface area contributed by atoms with Crippen molar-refractivity contribution in [3.05, 3.63) is 64.1 Å². The Morgan fingerprint density at radius 2 is 1.72 bits per heavy atom. The summed E-state index contributed by atoms with van der Waals surface area (Å²) in [6.07, 6.45) is 0. The van der Waals surface area contributed by atoms with Gasteiger partial charge in [-0.1, -0.05) is 24.3 Å². The number of carbonyl (C=O) groups is 1. The minimum atomic E-state index is 0.00994. The van der Waals surface area contributed by atoms with E-state index in [1.165, 1.54) is 0 Å². The fourth-order valence-electron chi connectivity index (χ4n) is 3.35. The van der Waals surface area contributed by atoms with Crippen molar-refractivity contribution in [2.75, 3.05) is 19.1 Å². The lowest BCUT2D eigenvalue weighted by Gasteiger charge is -2.20. The van der Waals surface area contributed by atoms with Crippen molar-refractivity contribution in [3.8, 4) is 11.5 Å². The number of carbonyl (C=O) groups excluding carboxylic acids is 1. The second-order valence-electron chi connectivity index (χ2n) is 5.87. The molecule has 0 atom stereocenters. The summed E-state index contributed by atoms with van der Waals surface area (Å²) in [7, 11) is 3.24. The molecule has 1 aliphatic rings. The van der Waals surface area contributed by atoms with Crippen LogP contribution in [0, 0.1) is 0 Å². The average molecular weight is 398 g/mol. The maximum atomic E-state index is 12.9. The lowest BCUT2D eigenvalue weighted by molar-refractivity contribution is 0.0991. The molecule has 0 saturated heterocycles. The highest BCUT2D eigenvalue weighted by atomic mass is 79.9. The first-order chi connectivity index (χ1) is 12.1. The van der Waals surface area contributed by atoms with E-state index in [1.54, 1.807) is 19.1 Å². The maximum absolute atomic E-state index is 12.9. The lowest BCUT2D eigenvalue weighted by atomic mass is 10.1. The van der Waals surface area contributed by atoms with Gasteiger partial charge in [0.2, 0.25) is 0 Å². The number of hydrogen-bond donors (Lipinski definition) is 0. The van der Waals surface area contributed by atoms with Crippen LogP contribution in [-0.2, 0) is 6.54 Å². The zero-order valence-corrected chi connectivity index (χ0v) is 15.5. The van der Waals surface area contributed by atoms with Crippen LogP contribution in [0.1, 0.15) is 15.9 Å². The summed E-state index contributed by atoms with van der Waals surface area (Å²) in [4.78, 5) is 14.7. The molecule has 126 valence electrons. The van der Waals surface area contributed by atoms with Crippen LogP contribution in [-0.4, -0.2) is 20.1 Å². The van der Waals surface area contributed by atoms with Gasteiger partial charge in [0.25, 0.3) is 5.91 Å². The number of anilines is 1. The molecule has 0 N–H and O–H groups in total. The van der Waals surface area contributed by atoms with E-state index in [1.807, 2.05) is 48.5 Å². The summed E-state index contributed by atoms with van der Waals surface area (Å²) in [5.74, 6) is 1.43.